The summed E-state index contributed by atoms with van der Waals surface area (Å²) < 4.78 is 51.3. The van der Waals surface area contributed by atoms with E-state index in [1.165, 1.54) is 12.3 Å². The smallest absolute Gasteiger partial charge is 0.420 e. The number of anilines is 1. The normalized spacial score (nSPS) is 14.7. The maximum Gasteiger partial charge on any atom is 0.420 e. The van der Waals surface area contributed by atoms with Crippen LogP contribution >= 0.6 is 0 Å². The standard InChI is InChI=1S/C23H24F3N3O3.CH4O/c1-31-9-2-3-18-13-27-20(22(28-18)29-7-4-15(14-30)5-8-29)17-11-16-6-10-32-21(16)19(12-17)23(24,25)26;1-2/h6,10-15H,2-5,7-9H2,1H3;2H,1H3. The molecule has 1 aromatic carbocycles. The molecule has 0 spiro atoms. The predicted octanol–water partition coefficient (Wildman–Crippen LogP) is 4.51. The number of hydrogen-bond acceptors (Lipinski definition) is 7. The number of benzene rings is 1. The highest BCUT2D eigenvalue weighted by molar-refractivity contribution is 5.88. The second-order valence-corrected chi connectivity index (χ2v) is 7.95. The third kappa shape index (κ3) is 5.74. The molecule has 0 unspecified atom stereocenters. The van der Waals surface area contributed by atoms with E-state index in [9.17, 15) is 18.0 Å². The number of piperidine rings is 1. The number of hydrogen-bond donors (Lipinski definition) is 1. The maximum absolute atomic E-state index is 13.7. The minimum absolute atomic E-state index is 0.00772. The fourth-order valence-electron chi connectivity index (χ4n) is 4.03. The summed E-state index contributed by atoms with van der Waals surface area (Å²) in [5.41, 5.74) is 0.428. The second-order valence-electron chi connectivity index (χ2n) is 7.95. The molecule has 1 saturated heterocycles. The molecule has 4 rings (SSSR count). The number of carbonyl (C=O) groups excluding carboxylic acids is 1. The number of nitrogens with zero attached hydrogens (tertiary/aromatic N) is 3. The van der Waals surface area contributed by atoms with Crippen LogP contribution in [0.3, 0.4) is 0 Å². The number of aryl methyl sites for hydroxylation is 1. The fourth-order valence-corrected chi connectivity index (χ4v) is 4.03. The van der Waals surface area contributed by atoms with Gasteiger partial charge in [0, 0.05) is 57.0 Å². The average Bonchev–Trinajstić information content (AvgIpc) is 3.33. The van der Waals surface area contributed by atoms with Crippen molar-refractivity contribution < 1.29 is 32.2 Å². The predicted molar refractivity (Wildman–Crippen MR) is 122 cm³/mol. The van der Waals surface area contributed by atoms with Gasteiger partial charge in [-0.2, -0.15) is 13.2 Å². The highest BCUT2D eigenvalue weighted by Crippen LogP contribution is 2.40. The molecule has 3 heterocycles. The van der Waals surface area contributed by atoms with Gasteiger partial charge >= 0.3 is 6.18 Å². The van der Waals surface area contributed by atoms with Gasteiger partial charge in [-0.25, -0.2) is 4.98 Å². The molecular weight excluding hydrogens is 451 g/mol. The Labute approximate surface area is 195 Å². The van der Waals surface area contributed by atoms with Crippen molar-refractivity contribution in [3.05, 3.63) is 41.9 Å². The van der Waals surface area contributed by atoms with Gasteiger partial charge in [-0.05, 0) is 43.9 Å². The van der Waals surface area contributed by atoms with E-state index in [4.69, 9.17) is 19.2 Å². The molecular formula is C24H28F3N3O4. The van der Waals surface area contributed by atoms with Crippen LogP contribution in [0.25, 0.3) is 22.2 Å². The molecule has 0 aliphatic carbocycles. The van der Waals surface area contributed by atoms with Gasteiger partial charge < -0.3 is 24.0 Å². The van der Waals surface area contributed by atoms with Crippen LogP contribution in [0.1, 0.15) is 30.5 Å². The molecule has 1 aliphatic heterocycles. The lowest BCUT2D eigenvalue weighted by Crippen LogP contribution is -2.35. The van der Waals surface area contributed by atoms with Gasteiger partial charge in [0.25, 0.3) is 0 Å². The summed E-state index contributed by atoms with van der Waals surface area (Å²) in [6.45, 7) is 1.76. The lowest BCUT2D eigenvalue weighted by atomic mass is 9.98. The summed E-state index contributed by atoms with van der Waals surface area (Å²) in [6.07, 6.45) is 2.01. The molecule has 34 heavy (non-hydrogen) atoms. The van der Waals surface area contributed by atoms with Crippen molar-refractivity contribution in [3.8, 4) is 11.3 Å². The number of aromatic nitrogens is 2. The van der Waals surface area contributed by atoms with Gasteiger partial charge in [0.1, 0.15) is 17.6 Å². The molecule has 0 bridgehead atoms. The van der Waals surface area contributed by atoms with Crippen LogP contribution in [0.15, 0.2) is 35.1 Å². The highest BCUT2D eigenvalue weighted by atomic mass is 19.4. The second kappa shape index (κ2) is 11.4. The summed E-state index contributed by atoms with van der Waals surface area (Å²) in [5, 5.41) is 7.35. The summed E-state index contributed by atoms with van der Waals surface area (Å²) in [4.78, 5) is 22.5. The molecule has 0 amide bonds. The molecule has 0 saturated carbocycles. The molecule has 0 atom stereocenters. The first kappa shape index (κ1) is 25.6. The third-order valence-electron chi connectivity index (χ3n) is 5.75. The zero-order chi connectivity index (χ0) is 24.7. The number of aliphatic hydroxyl groups is 1. The van der Waals surface area contributed by atoms with Gasteiger partial charge in [-0.3, -0.25) is 4.98 Å². The van der Waals surface area contributed by atoms with Crippen LogP contribution in [0.4, 0.5) is 19.0 Å². The van der Waals surface area contributed by atoms with E-state index in [0.29, 0.717) is 61.4 Å². The van der Waals surface area contributed by atoms with Crippen molar-refractivity contribution in [2.45, 2.75) is 31.9 Å². The van der Waals surface area contributed by atoms with Gasteiger partial charge in [0.2, 0.25) is 0 Å². The van der Waals surface area contributed by atoms with Crippen LogP contribution < -0.4 is 4.90 Å². The van der Waals surface area contributed by atoms with Crippen molar-refractivity contribution in [2.75, 3.05) is 38.8 Å². The summed E-state index contributed by atoms with van der Waals surface area (Å²) >= 11 is 0. The van der Waals surface area contributed by atoms with Crippen LogP contribution in [-0.4, -0.2) is 55.3 Å². The van der Waals surface area contributed by atoms with E-state index < -0.39 is 11.7 Å². The van der Waals surface area contributed by atoms with Gasteiger partial charge in [0.05, 0.1) is 17.5 Å². The molecule has 0 radical (unpaired) electrons. The van der Waals surface area contributed by atoms with Crippen molar-refractivity contribution in [3.63, 3.8) is 0 Å². The fraction of sp³-hybridized carbons (Fsp3) is 0.458. The summed E-state index contributed by atoms with van der Waals surface area (Å²) in [5.74, 6) is 0.534. The van der Waals surface area contributed by atoms with Gasteiger partial charge in [0.15, 0.2) is 5.82 Å². The Kier molecular flexibility index (Phi) is 8.62. The van der Waals surface area contributed by atoms with E-state index in [0.717, 1.165) is 31.6 Å². The van der Waals surface area contributed by atoms with Crippen LogP contribution in [-0.2, 0) is 22.1 Å². The quantitative estimate of drug-likeness (QED) is 0.394. The Balaban J connectivity index is 0.00000158. The van der Waals surface area contributed by atoms with Crippen molar-refractivity contribution in [1.82, 2.24) is 9.97 Å². The molecule has 2 aromatic heterocycles. The first-order chi connectivity index (χ1) is 16.4. The number of furan rings is 1. The number of carbonyl (C=O) groups is 1. The zero-order valence-corrected chi connectivity index (χ0v) is 19.1. The SMILES string of the molecule is CO.COCCCc1cnc(-c2cc(C(F)(F)F)c3occc3c2)c(N2CCC(C=O)CC2)n1. The number of methoxy groups -OCH3 is 1. The molecule has 184 valence electrons. The molecule has 3 aromatic rings. The van der Waals surface area contributed by atoms with Crippen LogP contribution in [0.2, 0.25) is 0 Å². The van der Waals surface area contributed by atoms with E-state index in [2.05, 4.69) is 4.98 Å². The van der Waals surface area contributed by atoms with Gasteiger partial charge in [-0.1, -0.05) is 0 Å². The number of alkyl halides is 3. The number of aliphatic hydroxyl groups excluding tert-OH is 1. The Hall–Kier alpha value is -2.98. The first-order valence-corrected chi connectivity index (χ1v) is 11.0. The average molecular weight is 479 g/mol. The van der Waals surface area contributed by atoms with Crippen molar-refractivity contribution in [1.29, 1.82) is 0 Å². The topological polar surface area (TPSA) is 88.7 Å². The Bertz CT molecular complexity index is 1090. The summed E-state index contributed by atoms with van der Waals surface area (Å²) in [6, 6.07) is 4.22. The Morgan fingerprint density at radius 3 is 2.65 bits per heavy atom. The lowest BCUT2D eigenvalue weighted by Gasteiger charge is -2.32. The number of ether oxygens (including phenoxy) is 1. The van der Waals surface area contributed by atoms with Crippen LogP contribution in [0.5, 0.6) is 0 Å². The first-order valence-electron chi connectivity index (χ1n) is 11.0. The maximum atomic E-state index is 13.7. The van der Waals surface area contributed by atoms with E-state index >= 15 is 0 Å². The molecule has 10 heteroatoms. The summed E-state index contributed by atoms with van der Waals surface area (Å²) in [7, 11) is 2.63. The molecule has 7 nitrogen and oxygen atoms in total. The van der Waals surface area contributed by atoms with Crippen molar-refractivity contribution >= 4 is 23.1 Å². The lowest BCUT2D eigenvalue weighted by molar-refractivity contribution is -0.136. The Morgan fingerprint density at radius 1 is 1.26 bits per heavy atom. The Morgan fingerprint density at radius 2 is 2.00 bits per heavy atom. The van der Waals surface area contributed by atoms with Gasteiger partial charge in [-0.15, -0.1) is 0 Å². The van der Waals surface area contributed by atoms with E-state index in [-0.39, 0.29) is 11.5 Å². The molecule has 1 fully saturated rings. The number of halogens is 3. The van der Waals surface area contributed by atoms with Crippen LogP contribution in [0, 0.1) is 5.92 Å². The monoisotopic (exact) mass is 479 g/mol. The van der Waals surface area contributed by atoms with Crippen molar-refractivity contribution in [2.24, 2.45) is 5.92 Å². The molecule has 1 aliphatic rings. The zero-order valence-electron chi connectivity index (χ0n) is 19.1. The van der Waals surface area contributed by atoms with E-state index in [1.54, 1.807) is 19.4 Å². The largest absolute Gasteiger partial charge is 0.464 e. The minimum Gasteiger partial charge on any atom is -0.464 e. The highest BCUT2D eigenvalue weighted by Gasteiger charge is 2.35. The minimum atomic E-state index is -4.57. The number of aldehydes is 1. The molecule has 1 N–H and O–H groups in total. The number of rotatable bonds is 7. The van der Waals surface area contributed by atoms with E-state index in [1.807, 2.05) is 4.90 Å². The third-order valence-corrected chi connectivity index (χ3v) is 5.75. The number of fused-ring (bicyclic) bond motifs is 1.